The highest BCUT2D eigenvalue weighted by molar-refractivity contribution is 5.91. The van der Waals surface area contributed by atoms with Crippen LogP contribution in [0.3, 0.4) is 0 Å². The molecule has 0 radical (unpaired) electrons. The first kappa shape index (κ1) is 17.6. The fourth-order valence-electron chi connectivity index (χ4n) is 2.64. The van der Waals surface area contributed by atoms with Crippen LogP contribution in [0.15, 0.2) is 40.8 Å². The number of carbonyl (C=O) groups is 1. The van der Waals surface area contributed by atoms with E-state index < -0.39 is 0 Å². The number of methoxy groups -OCH3 is 1. The normalized spacial score (nSPS) is 10.6. The summed E-state index contributed by atoms with van der Waals surface area (Å²) in [6.07, 6.45) is 0. The summed E-state index contributed by atoms with van der Waals surface area (Å²) < 4.78 is 18.2. The van der Waals surface area contributed by atoms with Crippen LogP contribution in [0.2, 0.25) is 0 Å². The number of carbonyl (C=O) groups excluding carboxylic acids is 1. The van der Waals surface area contributed by atoms with Crippen molar-refractivity contribution in [3.05, 3.63) is 59.1 Å². The third-order valence-corrected chi connectivity index (χ3v) is 4.17. The Bertz CT molecular complexity index is 927. The van der Waals surface area contributed by atoms with Gasteiger partial charge >= 0.3 is 0 Å². The molecule has 0 aliphatic carbocycles. The Morgan fingerprint density at radius 2 is 1.92 bits per heavy atom. The minimum Gasteiger partial charge on any atom is -0.493 e. The molecule has 0 bridgehead atoms. The number of hydrogen-bond donors (Lipinski definition) is 1. The summed E-state index contributed by atoms with van der Waals surface area (Å²) in [5.41, 5.74) is 2.91. The molecule has 26 heavy (non-hydrogen) atoms. The molecule has 7 nitrogen and oxygen atoms in total. The van der Waals surface area contributed by atoms with Crippen LogP contribution in [-0.4, -0.2) is 22.8 Å². The molecule has 3 rings (SSSR count). The number of rotatable bonds is 6. The number of para-hydroxylation sites is 2. The maximum Gasteiger partial charge on any atom is 0.290 e. The molecule has 136 valence electrons. The Morgan fingerprint density at radius 3 is 2.58 bits per heavy atom. The Labute approximate surface area is 151 Å². The molecule has 0 fully saturated rings. The van der Waals surface area contributed by atoms with Crippen molar-refractivity contribution in [1.29, 1.82) is 0 Å². The molecule has 1 aromatic carbocycles. The zero-order valence-electron chi connectivity index (χ0n) is 15.2. The van der Waals surface area contributed by atoms with Gasteiger partial charge in [0, 0.05) is 30.9 Å². The zero-order valence-corrected chi connectivity index (χ0v) is 15.2. The Morgan fingerprint density at radius 1 is 1.19 bits per heavy atom. The van der Waals surface area contributed by atoms with E-state index in [1.54, 1.807) is 36.1 Å². The molecular weight excluding hydrogens is 334 g/mol. The Kier molecular flexibility index (Phi) is 4.97. The van der Waals surface area contributed by atoms with E-state index in [1.165, 1.54) is 0 Å². The third-order valence-electron chi connectivity index (χ3n) is 4.17. The van der Waals surface area contributed by atoms with Crippen LogP contribution in [0, 0.1) is 13.8 Å². The molecule has 0 aliphatic heterocycles. The lowest BCUT2D eigenvalue weighted by Gasteiger charge is -2.07. The summed E-state index contributed by atoms with van der Waals surface area (Å²) >= 11 is 0. The Balaban J connectivity index is 1.66. The van der Waals surface area contributed by atoms with Gasteiger partial charge in [0.15, 0.2) is 17.3 Å². The quantitative estimate of drug-likeness (QED) is 0.733. The summed E-state index contributed by atoms with van der Waals surface area (Å²) in [6.45, 7) is 4.27. The lowest BCUT2D eigenvalue weighted by Crippen LogP contribution is -2.22. The smallest absolute Gasteiger partial charge is 0.290 e. The zero-order chi connectivity index (χ0) is 18.7. The molecule has 2 heterocycles. The second-order valence-corrected chi connectivity index (χ2v) is 5.83. The third kappa shape index (κ3) is 3.56. The molecule has 0 atom stereocenters. The molecule has 0 saturated carbocycles. The largest absolute Gasteiger partial charge is 0.493 e. The monoisotopic (exact) mass is 355 g/mol. The van der Waals surface area contributed by atoms with Gasteiger partial charge in [0.05, 0.1) is 12.8 Å². The maximum atomic E-state index is 12.3. The van der Waals surface area contributed by atoms with Crippen molar-refractivity contribution in [2.75, 3.05) is 7.11 Å². The average Bonchev–Trinajstić information content (AvgIpc) is 3.19. The molecule has 0 aliphatic rings. The lowest BCUT2D eigenvalue weighted by molar-refractivity contribution is 0.0918. The van der Waals surface area contributed by atoms with Crippen molar-refractivity contribution in [1.82, 2.24) is 15.1 Å². The topological polar surface area (TPSA) is 78.5 Å². The first-order valence-corrected chi connectivity index (χ1v) is 8.17. The predicted octanol–water partition coefficient (Wildman–Crippen LogP) is 3.36. The van der Waals surface area contributed by atoms with E-state index >= 15 is 0 Å². The minimum atomic E-state index is -0.317. The highest BCUT2D eigenvalue weighted by Crippen LogP contribution is 2.31. The number of nitrogens with one attached hydrogen (secondary N) is 1. The maximum absolute atomic E-state index is 12.3. The minimum absolute atomic E-state index is 0.175. The van der Waals surface area contributed by atoms with Gasteiger partial charge in [-0.15, -0.1) is 0 Å². The highest BCUT2D eigenvalue weighted by atomic mass is 16.6. The van der Waals surface area contributed by atoms with Gasteiger partial charge in [-0.2, -0.15) is 5.10 Å². The van der Waals surface area contributed by atoms with E-state index in [0.29, 0.717) is 18.0 Å². The van der Waals surface area contributed by atoms with Crippen molar-refractivity contribution in [3.8, 4) is 17.4 Å². The molecule has 0 unspecified atom stereocenters. The molecule has 1 amide bonds. The first-order valence-electron chi connectivity index (χ1n) is 8.17. The molecule has 0 spiro atoms. The van der Waals surface area contributed by atoms with E-state index in [-0.39, 0.29) is 17.6 Å². The fraction of sp³-hybridized carbons (Fsp3) is 0.263. The van der Waals surface area contributed by atoms with Crippen LogP contribution in [0.25, 0.3) is 0 Å². The summed E-state index contributed by atoms with van der Waals surface area (Å²) in [5, 5.41) is 7.18. The van der Waals surface area contributed by atoms with Gasteiger partial charge in [-0.1, -0.05) is 12.1 Å². The first-order chi connectivity index (χ1) is 12.5. The molecule has 1 N–H and O–H groups in total. The highest BCUT2D eigenvalue weighted by Gasteiger charge is 2.15. The summed E-state index contributed by atoms with van der Waals surface area (Å²) in [6, 6.07) is 10.4. The van der Waals surface area contributed by atoms with E-state index in [9.17, 15) is 4.79 Å². The summed E-state index contributed by atoms with van der Waals surface area (Å²) in [5.74, 6) is 1.17. The van der Waals surface area contributed by atoms with Crippen molar-refractivity contribution >= 4 is 5.91 Å². The summed E-state index contributed by atoms with van der Waals surface area (Å²) in [7, 11) is 3.44. The van der Waals surface area contributed by atoms with Crippen LogP contribution in [0.5, 0.6) is 17.4 Å². The van der Waals surface area contributed by atoms with Gasteiger partial charge in [0.1, 0.15) is 0 Å². The molecule has 0 saturated heterocycles. The van der Waals surface area contributed by atoms with Crippen LogP contribution in [0.4, 0.5) is 0 Å². The van der Waals surface area contributed by atoms with E-state index in [4.69, 9.17) is 13.9 Å². The number of ether oxygens (including phenoxy) is 2. The molecule has 7 heteroatoms. The standard InChI is InChI=1S/C19H21N3O4/c1-12-14(13(2)22(3)21-12)11-20-19(23)17-9-10-18(26-17)25-16-8-6-5-7-15(16)24-4/h5-10H,11H2,1-4H3,(H,20,23). The van der Waals surface area contributed by atoms with Crippen molar-refractivity contribution < 1.29 is 18.7 Å². The van der Waals surface area contributed by atoms with Gasteiger partial charge in [-0.05, 0) is 32.0 Å². The fourth-order valence-corrected chi connectivity index (χ4v) is 2.64. The van der Waals surface area contributed by atoms with Crippen LogP contribution < -0.4 is 14.8 Å². The van der Waals surface area contributed by atoms with Gasteiger partial charge in [0.2, 0.25) is 0 Å². The van der Waals surface area contributed by atoms with Gasteiger partial charge < -0.3 is 19.2 Å². The van der Waals surface area contributed by atoms with E-state index in [1.807, 2.05) is 33.0 Å². The number of hydrogen-bond acceptors (Lipinski definition) is 5. The molecular formula is C19H21N3O4. The number of benzene rings is 1. The number of amides is 1. The van der Waals surface area contributed by atoms with Crippen molar-refractivity contribution in [3.63, 3.8) is 0 Å². The number of nitrogens with zero attached hydrogens (tertiary/aromatic N) is 2. The second-order valence-electron chi connectivity index (χ2n) is 5.83. The number of furan rings is 1. The SMILES string of the molecule is COc1ccccc1Oc1ccc(C(=O)NCc2c(C)nn(C)c2C)o1. The van der Waals surface area contributed by atoms with Crippen molar-refractivity contribution in [2.24, 2.45) is 7.05 Å². The van der Waals surface area contributed by atoms with Crippen LogP contribution in [-0.2, 0) is 13.6 Å². The van der Waals surface area contributed by atoms with Crippen molar-refractivity contribution in [2.45, 2.75) is 20.4 Å². The molecule has 3 aromatic rings. The van der Waals surface area contributed by atoms with Crippen LogP contribution in [0.1, 0.15) is 27.5 Å². The number of aryl methyl sites for hydroxylation is 2. The average molecular weight is 355 g/mol. The van der Waals surface area contributed by atoms with E-state index in [0.717, 1.165) is 17.0 Å². The van der Waals surface area contributed by atoms with Crippen LogP contribution >= 0.6 is 0 Å². The predicted molar refractivity (Wildman–Crippen MR) is 95.6 cm³/mol. The number of aromatic nitrogens is 2. The lowest BCUT2D eigenvalue weighted by atomic mass is 10.2. The molecule has 2 aromatic heterocycles. The van der Waals surface area contributed by atoms with Gasteiger partial charge in [0.25, 0.3) is 11.9 Å². The van der Waals surface area contributed by atoms with Gasteiger partial charge in [-0.3, -0.25) is 9.48 Å². The second kappa shape index (κ2) is 7.35. The van der Waals surface area contributed by atoms with Gasteiger partial charge in [-0.25, -0.2) is 0 Å². The Hall–Kier alpha value is -3.22. The van der Waals surface area contributed by atoms with E-state index in [2.05, 4.69) is 10.4 Å². The summed E-state index contributed by atoms with van der Waals surface area (Å²) in [4.78, 5) is 12.3.